The highest BCUT2D eigenvalue weighted by atomic mass is 16.1. The van der Waals surface area contributed by atoms with E-state index in [1.54, 1.807) is 0 Å². The molecule has 2 fully saturated rings. The molecule has 1 amide bonds. The zero-order valence-corrected chi connectivity index (χ0v) is 22.3. The molecule has 38 heavy (non-hydrogen) atoms. The Hall–Kier alpha value is -3.18. The maximum absolute atomic E-state index is 13.6. The standard InChI is InChI=1S/C33H40N4O/c34-25-14-16-26(17-15-25)36-33(38)18-29(30-20-35-19-24-10-4-5-11-27(24)30)31-22-37(21-23-8-2-1-3-9-23)32-13-7-6-12-28(31)32/h4-7,10-13,19-20,22-23,25-26,29H,1-3,8-9,14-18,21,34H2,(H,36,38)/t25-,26-,29?. The van der Waals surface area contributed by atoms with Gasteiger partial charge in [0.15, 0.2) is 0 Å². The van der Waals surface area contributed by atoms with Crippen LogP contribution in [-0.4, -0.2) is 27.5 Å². The van der Waals surface area contributed by atoms with Crippen molar-refractivity contribution < 1.29 is 4.79 Å². The molecule has 2 heterocycles. The topological polar surface area (TPSA) is 72.9 Å². The first-order valence-corrected chi connectivity index (χ1v) is 14.6. The van der Waals surface area contributed by atoms with Crippen molar-refractivity contribution in [2.45, 2.75) is 88.8 Å². The fraction of sp³-hybridized carbons (Fsp3) is 0.455. The predicted molar refractivity (Wildman–Crippen MR) is 155 cm³/mol. The highest BCUT2D eigenvalue weighted by Gasteiger charge is 2.27. The molecule has 1 atom stereocenters. The summed E-state index contributed by atoms with van der Waals surface area (Å²) in [5, 5.41) is 6.89. The lowest BCUT2D eigenvalue weighted by molar-refractivity contribution is -0.122. The zero-order valence-electron chi connectivity index (χ0n) is 22.3. The lowest BCUT2D eigenvalue weighted by Gasteiger charge is -2.27. The van der Waals surface area contributed by atoms with E-state index in [1.165, 1.54) is 54.0 Å². The van der Waals surface area contributed by atoms with Gasteiger partial charge in [0.05, 0.1) is 0 Å². The third-order valence-electron chi connectivity index (χ3n) is 8.98. The summed E-state index contributed by atoms with van der Waals surface area (Å²) < 4.78 is 2.46. The minimum atomic E-state index is -0.0723. The van der Waals surface area contributed by atoms with Gasteiger partial charge < -0.3 is 15.6 Å². The number of carbonyl (C=O) groups is 1. The second kappa shape index (κ2) is 11.3. The van der Waals surface area contributed by atoms with Gasteiger partial charge in [-0.2, -0.15) is 0 Å². The van der Waals surface area contributed by atoms with E-state index in [-0.39, 0.29) is 23.9 Å². The molecule has 0 aliphatic heterocycles. The van der Waals surface area contributed by atoms with Crippen molar-refractivity contribution in [2.24, 2.45) is 11.7 Å². The highest BCUT2D eigenvalue weighted by molar-refractivity contribution is 5.90. The maximum atomic E-state index is 13.6. The Bertz CT molecular complexity index is 1390. The Balaban J connectivity index is 1.38. The number of benzene rings is 2. The number of pyridine rings is 1. The van der Waals surface area contributed by atoms with Crippen LogP contribution >= 0.6 is 0 Å². The molecule has 2 aromatic carbocycles. The van der Waals surface area contributed by atoms with E-state index in [9.17, 15) is 4.79 Å². The third-order valence-corrected chi connectivity index (χ3v) is 8.98. The zero-order chi connectivity index (χ0) is 25.9. The van der Waals surface area contributed by atoms with E-state index in [1.807, 2.05) is 12.4 Å². The number of fused-ring (bicyclic) bond motifs is 2. The monoisotopic (exact) mass is 508 g/mol. The molecule has 4 aromatic rings. The molecule has 0 radical (unpaired) electrons. The van der Waals surface area contributed by atoms with Crippen LogP contribution in [0.1, 0.15) is 81.3 Å². The van der Waals surface area contributed by atoms with E-state index in [2.05, 4.69) is 69.6 Å². The van der Waals surface area contributed by atoms with Crippen molar-refractivity contribution in [3.05, 3.63) is 78.2 Å². The molecule has 5 nitrogen and oxygen atoms in total. The maximum Gasteiger partial charge on any atom is 0.221 e. The number of rotatable bonds is 7. The van der Waals surface area contributed by atoms with Crippen molar-refractivity contribution in [3.8, 4) is 0 Å². The number of carbonyl (C=O) groups excluding carboxylic acids is 1. The molecule has 2 aliphatic carbocycles. The summed E-state index contributed by atoms with van der Waals surface area (Å²) in [6.45, 7) is 1.05. The van der Waals surface area contributed by atoms with Crippen molar-refractivity contribution in [1.29, 1.82) is 0 Å². The number of hydrogen-bond acceptors (Lipinski definition) is 3. The number of hydrogen-bond donors (Lipinski definition) is 2. The van der Waals surface area contributed by atoms with Crippen molar-refractivity contribution in [1.82, 2.24) is 14.9 Å². The van der Waals surface area contributed by atoms with Gasteiger partial charge in [0, 0.05) is 65.8 Å². The Morgan fingerprint density at radius 3 is 2.45 bits per heavy atom. The van der Waals surface area contributed by atoms with E-state index in [0.29, 0.717) is 6.42 Å². The van der Waals surface area contributed by atoms with Crippen LogP contribution in [0, 0.1) is 5.92 Å². The van der Waals surface area contributed by atoms with E-state index in [0.717, 1.165) is 49.1 Å². The number of aromatic nitrogens is 2. The van der Waals surface area contributed by atoms with Crippen LogP contribution in [0.5, 0.6) is 0 Å². The SMILES string of the molecule is N[C@H]1CC[C@H](NC(=O)CC(c2cncc3ccccc23)c2cn(CC3CCCCC3)c3ccccc23)CC1. The minimum absolute atomic E-state index is 0.0723. The van der Waals surface area contributed by atoms with Crippen LogP contribution in [0.2, 0.25) is 0 Å². The van der Waals surface area contributed by atoms with Gasteiger partial charge in [-0.3, -0.25) is 9.78 Å². The third kappa shape index (κ3) is 5.35. The molecule has 0 bridgehead atoms. The normalized spacial score (nSPS) is 21.5. The summed E-state index contributed by atoms with van der Waals surface area (Å²) in [6.07, 6.45) is 17.2. The molecule has 0 saturated heterocycles. The van der Waals surface area contributed by atoms with E-state index in [4.69, 9.17) is 5.73 Å². The van der Waals surface area contributed by atoms with Gasteiger partial charge in [0.25, 0.3) is 0 Å². The average molecular weight is 509 g/mol. The quantitative estimate of drug-likeness (QED) is 0.292. The van der Waals surface area contributed by atoms with Crippen LogP contribution in [0.15, 0.2) is 67.1 Å². The summed E-state index contributed by atoms with van der Waals surface area (Å²) in [5.41, 5.74) is 9.75. The van der Waals surface area contributed by atoms with Gasteiger partial charge in [-0.05, 0) is 67.0 Å². The molecular formula is C33H40N4O. The van der Waals surface area contributed by atoms with E-state index >= 15 is 0 Å². The Morgan fingerprint density at radius 1 is 0.895 bits per heavy atom. The molecule has 5 heteroatoms. The lowest BCUT2D eigenvalue weighted by Crippen LogP contribution is -2.40. The van der Waals surface area contributed by atoms with Gasteiger partial charge in [-0.1, -0.05) is 61.7 Å². The molecule has 2 saturated carbocycles. The molecule has 198 valence electrons. The van der Waals surface area contributed by atoms with Crippen molar-refractivity contribution in [3.63, 3.8) is 0 Å². The van der Waals surface area contributed by atoms with Crippen LogP contribution in [0.25, 0.3) is 21.7 Å². The van der Waals surface area contributed by atoms with Gasteiger partial charge in [-0.25, -0.2) is 0 Å². The van der Waals surface area contributed by atoms with E-state index < -0.39 is 0 Å². The molecule has 3 N–H and O–H groups in total. The summed E-state index contributed by atoms with van der Waals surface area (Å²) in [6, 6.07) is 17.6. The Kier molecular flexibility index (Phi) is 7.46. The first-order chi connectivity index (χ1) is 18.7. The molecule has 2 aliphatic rings. The van der Waals surface area contributed by atoms with Crippen LogP contribution < -0.4 is 11.1 Å². The van der Waals surface area contributed by atoms with Crippen LogP contribution in [0.3, 0.4) is 0 Å². The van der Waals surface area contributed by atoms with Crippen molar-refractivity contribution in [2.75, 3.05) is 0 Å². The molecule has 2 aromatic heterocycles. The number of para-hydroxylation sites is 1. The highest BCUT2D eigenvalue weighted by Crippen LogP contribution is 2.38. The van der Waals surface area contributed by atoms with Gasteiger partial charge in [-0.15, -0.1) is 0 Å². The smallest absolute Gasteiger partial charge is 0.221 e. The van der Waals surface area contributed by atoms with Crippen LogP contribution in [0.4, 0.5) is 0 Å². The molecular weight excluding hydrogens is 468 g/mol. The van der Waals surface area contributed by atoms with Gasteiger partial charge in [0.2, 0.25) is 5.91 Å². The second-order valence-electron chi connectivity index (χ2n) is 11.6. The fourth-order valence-electron chi connectivity index (χ4n) is 6.89. The first kappa shape index (κ1) is 25.1. The second-order valence-corrected chi connectivity index (χ2v) is 11.6. The average Bonchev–Trinajstić information content (AvgIpc) is 3.31. The van der Waals surface area contributed by atoms with Gasteiger partial charge in [0.1, 0.15) is 0 Å². The Labute approximate surface area is 225 Å². The lowest BCUT2D eigenvalue weighted by atomic mass is 9.86. The summed E-state index contributed by atoms with van der Waals surface area (Å²) >= 11 is 0. The number of amides is 1. The summed E-state index contributed by atoms with van der Waals surface area (Å²) in [5.74, 6) is 0.774. The van der Waals surface area contributed by atoms with Gasteiger partial charge >= 0.3 is 0 Å². The molecule has 1 unspecified atom stereocenters. The first-order valence-electron chi connectivity index (χ1n) is 14.6. The number of nitrogens with zero attached hydrogens (tertiary/aromatic N) is 2. The molecule has 0 spiro atoms. The number of nitrogens with one attached hydrogen (secondary N) is 1. The largest absolute Gasteiger partial charge is 0.353 e. The summed E-state index contributed by atoms with van der Waals surface area (Å²) in [4.78, 5) is 18.2. The number of nitrogens with two attached hydrogens (primary N) is 1. The fourth-order valence-corrected chi connectivity index (χ4v) is 6.89. The van der Waals surface area contributed by atoms with Crippen molar-refractivity contribution >= 4 is 27.6 Å². The minimum Gasteiger partial charge on any atom is -0.353 e. The predicted octanol–water partition coefficient (Wildman–Crippen LogP) is 6.68. The Morgan fingerprint density at radius 2 is 1.63 bits per heavy atom. The summed E-state index contributed by atoms with van der Waals surface area (Å²) in [7, 11) is 0. The van der Waals surface area contributed by atoms with Crippen LogP contribution in [-0.2, 0) is 11.3 Å². The molecule has 6 rings (SSSR count).